The Labute approximate surface area is 139 Å². The highest BCUT2D eigenvalue weighted by atomic mass is 16.6. The number of rotatable bonds is 7. The number of ether oxygens (including phenoxy) is 4. The van der Waals surface area contributed by atoms with Gasteiger partial charge >= 0.3 is 0 Å². The Morgan fingerprint density at radius 2 is 1.46 bits per heavy atom. The minimum absolute atomic E-state index is 0.0892. The molecule has 0 aromatic heterocycles. The van der Waals surface area contributed by atoms with Crippen molar-refractivity contribution in [1.82, 2.24) is 0 Å². The Kier molecular flexibility index (Phi) is 5.47. The summed E-state index contributed by atoms with van der Waals surface area (Å²) in [6.07, 6.45) is -0.557. The van der Waals surface area contributed by atoms with E-state index in [4.69, 9.17) is 18.9 Å². The van der Waals surface area contributed by atoms with Gasteiger partial charge in [-0.3, -0.25) is 10.1 Å². The molecular weight excluding hydrogens is 314 g/mol. The average Bonchev–Trinajstić information content (AvgIpc) is 2.60. The SMILES string of the molecule is COc1ccc(OC(C)c2cc(OC)c(OC)cc2[N+](=O)[O-])cc1. The van der Waals surface area contributed by atoms with Crippen molar-refractivity contribution >= 4 is 5.69 Å². The van der Waals surface area contributed by atoms with Gasteiger partial charge in [-0.15, -0.1) is 0 Å². The van der Waals surface area contributed by atoms with Gasteiger partial charge in [0.25, 0.3) is 5.69 Å². The van der Waals surface area contributed by atoms with Gasteiger partial charge in [0.15, 0.2) is 11.5 Å². The van der Waals surface area contributed by atoms with Gasteiger partial charge in [0.2, 0.25) is 0 Å². The molecule has 24 heavy (non-hydrogen) atoms. The number of nitro groups is 1. The van der Waals surface area contributed by atoms with Crippen molar-refractivity contribution in [2.24, 2.45) is 0 Å². The zero-order valence-electron chi connectivity index (χ0n) is 13.9. The van der Waals surface area contributed by atoms with Crippen LogP contribution < -0.4 is 18.9 Å². The molecule has 1 unspecified atom stereocenters. The summed E-state index contributed by atoms with van der Waals surface area (Å²) >= 11 is 0. The molecule has 2 aromatic carbocycles. The predicted molar refractivity (Wildman–Crippen MR) is 88.2 cm³/mol. The van der Waals surface area contributed by atoms with Crippen LogP contribution in [0.5, 0.6) is 23.0 Å². The van der Waals surface area contributed by atoms with Crippen LogP contribution in [0.2, 0.25) is 0 Å². The minimum atomic E-state index is -0.557. The van der Waals surface area contributed by atoms with E-state index in [1.165, 1.54) is 20.3 Å². The molecule has 0 heterocycles. The summed E-state index contributed by atoms with van der Waals surface area (Å²) in [7, 11) is 4.48. The molecule has 2 rings (SSSR count). The van der Waals surface area contributed by atoms with Crippen molar-refractivity contribution in [1.29, 1.82) is 0 Å². The first-order valence-corrected chi connectivity index (χ1v) is 7.21. The molecule has 0 amide bonds. The first kappa shape index (κ1) is 17.4. The molecule has 128 valence electrons. The summed E-state index contributed by atoms with van der Waals surface area (Å²) in [6, 6.07) is 9.88. The third-order valence-electron chi connectivity index (χ3n) is 3.54. The van der Waals surface area contributed by atoms with Crippen molar-refractivity contribution in [2.45, 2.75) is 13.0 Å². The Morgan fingerprint density at radius 1 is 0.917 bits per heavy atom. The van der Waals surface area contributed by atoms with E-state index in [-0.39, 0.29) is 5.69 Å². The lowest BCUT2D eigenvalue weighted by Gasteiger charge is -2.17. The van der Waals surface area contributed by atoms with Crippen molar-refractivity contribution in [3.63, 3.8) is 0 Å². The summed E-state index contributed by atoms with van der Waals surface area (Å²) in [5.41, 5.74) is 0.308. The van der Waals surface area contributed by atoms with Crippen LogP contribution in [0.25, 0.3) is 0 Å². The monoisotopic (exact) mass is 333 g/mol. The summed E-state index contributed by atoms with van der Waals surface area (Å²) in [6.45, 7) is 1.73. The maximum absolute atomic E-state index is 11.4. The Balaban J connectivity index is 2.35. The van der Waals surface area contributed by atoms with E-state index >= 15 is 0 Å². The molecule has 0 saturated heterocycles. The fourth-order valence-electron chi connectivity index (χ4n) is 2.29. The van der Waals surface area contributed by atoms with E-state index in [0.717, 1.165) is 0 Å². The molecule has 7 nitrogen and oxygen atoms in total. The standard InChI is InChI=1S/C17H19NO6/c1-11(24-13-7-5-12(21-2)6-8-13)14-9-16(22-3)17(23-4)10-15(14)18(19)20/h5-11H,1-4H3. The van der Waals surface area contributed by atoms with Crippen LogP contribution in [0.4, 0.5) is 5.69 Å². The van der Waals surface area contributed by atoms with Crippen LogP contribution in [0, 0.1) is 10.1 Å². The molecule has 0 saturated carbocycles. The molecule has 0 fully saturated rings. The van der Waals surface area contributed by atoms with E-state index in [1.54, 1.807) is 44.4 Å². The van der Waals surface area contributed by atoms with E-state index in [9.17, 15) is 10.1 Å². The summed E-state index contributed by atoms with van der Waals surface area (Å²) in [5.74, 6) is 1.98. The third kappa shape index (κ3) is 3.68. The van der Waals surface area contributed by atoms with Gasteiger partial charge in [-0.2, -0.15) is 0 Å². The van der Waals surface area contributed by atoms with Gasteiger partial charge in [-0.1, -0.05) is 0 Å². The number of benzene rings is 2. The summed E-state index contributed by atoms with van der Waals surface area (Å²) in [4.78, 5) is 10.9. The normalized spacial score (nSPS) is 11.5. The highest BCUT2D eigenvalue weighted by Gasteiger charge is 2.24. The van der Waals surface area contributed by atoms with Crippen LogP contribution in [-0.2, 0) is 0 Å². The predicted octanol–water partition coefficient (Wildman–Crippen LogP) is 3.76. The smallest absolute Gasteiger partial charge is 0.280 e. The van der Waals surface area contributed by atoms with E-state index in [0.29, 0.717) is 28.6 Å². The molecule has 1 atom stereocenters. The second-order valence-electron chi connectivity index (χ2n) is 4.96. The highest BCUT2D eigenvalue weighted by Crippen LogP contribution is 2.38. The first-order chi connectivity index (χ1) is 11.5. The molecule has 2 aromatic rings. The van der Waals surface area contributed by atoms with E-state index in [1.807, 2.05) is 0 Å². The van der Waals surface area contributed by atoms with E-state index < -0.39 is 11.0 Å². The van der Waals surface area contributed by atoms with Crippen molar-refractivity contribution < 1.29 is 23.9 Å². The Morgan fingerprint density at radius 3 is 1.96 bits per heavy atom. The molecule has 0 spiro atoms. The molecular formula is C17H19NO6. The topological polar surface area (TPSA) is 80.1 Å². The van der Waals surface area contributed by atoms with Crippen LogP contribution >= 0.6 is 0 Å². The lowest BCUT2D eigenvalue weighted by molar-refractivity contribution is -0.386. The van der Waals surface area contributed by atoms with Crippen molar-refractivity contribution in [2.75, 3.05) is 21.3 Å². The molecule has 7 heteroatoms. The largest absolute Gasteiger partial charge is 0.497 e. The Hall–Kier alpha value is -2.96. The van der Waals surface area contributed by atoms with Crippen LogP contribution in [0.1, 0.15) is 18.6 Å². The summed E-state index contributed by atoms with van der Waals surface area (Å²) in [5, 5.41) is 11.4. The zero-order valence-corrected chi connectivity index (χ0v) is 13.9. The van der Waals surface area contributed by atoms with E-state index in [2.05, 4.69) is 0 Å². The maximum Gasteiger partial charge on any atom is 0.280 e. The zero-order chi connectivity index (χ0) is 17.7. The second-order valence-corrected chi connectivity index (χ2v) is 4.96. The lowest BCUT2D eigenvalue weighted by Crippen LogP contribution is -2.07. The number of hydrogen-bond acceptors (Lipinski definition) is 6. The molecule has 0 aliphatic heterocycles. The second kappa shape index (κ2) is 7.54. The van der Waals surface area contributed by atoms with Crippen molar-refractivity contribution in [3.8, 4) is 23.0 Å². The first-order valence-electron chi connectivity index (χ1n) is 7.21. The van der Waals surface area contributed by atoms with Gasteiger partial charge in [0, 0.05) is 0 Å². The molecule has 0 bridgehead atoms. The average molecular weight is 333 g/mol. The van der Waals surface area contributed by atoms with Gasteiger partial charge in [0.05, 0.1) is 37.9 Å². The van der Waals surface area contributed by atoms with Crippen molar-refractivity contribution in [3.05, 3.63) is 52.1 Å². The van der Waals surface area contributed by atoms with Crippen LogP contribution in [-0.4, -0.2) is 26.3 Å². The maximum atomic E-state index is 11.4. The molecule has 0 aliphatic rings. The van der Waals surface area contributed by atoms with Gasteiger partial charge in [-0.05, 0) is 37.3 Å². The van der Waals surface area contributed by atoms with Crippen LogP contribution in [0.15, 0.2) is 36.4 Å². The van der Waals surface area contributed by atoms with Gasteiger partial charge < -0.3 is 18.9 Å². The van der Waals surface area contributed by atoms with Gasteiger partial charge in [0.1, 0.15) is 17.6 Å². The molecule has 0 aliphatic carbocycles. The number of methoxy groups -OCH3 is 3. The number of hydrogen-bond donors (Lipinski definition) is 0. The Bertz CT molecular complexity index is 714. The lowest BCUT2D eigenvalue weighted by atomic mass is 10.1. The minimum Gasteiger partial charge on any atom is -0.497 e. The van der Waals surface area contributed by atoms with Gasteiger partial charge in [-0.25, -0.2) is 0 Å². The molecule has 0 N–H and O–H groups in total. The number of nitrogens with zero attached hydrogens (tertiary/aromatic N) is 1. The fraction of sp³-hybridized carbons (Fsp3) is 0.294. The third-order valence-corrected chi connectivity index (χ3v) is 3.54. The van der Waals surface area contributed by atoms with Crippen LogP contribution in [0.3, 0.4) is 0 Å². The number of nitro benzene ring substituents is 1. The summed E-state index contributed by atoms with van der Waals surface area (Å²) < 4.78 is 21.2. The highest BCUT2D eigenvalue weighted by molar-refractivity contribution is 5.55. The quantitative estimate of drug-likeness (QED) is 0.567. The molecule has 0 radical (unpaired) electrons. The fourth-order valence-corrected chi connectivity index (χ4v) is 2.29.